The lowest BCUT2D eigenvalue weighted by Gasteiger charge is -2.14. The van der Waals surface area contributed by atoms with Crippen LogP contribution in [0.4, 0.5) is 0 Å². The highest BCUT2D eigenvalue weighted by Gasteiger charge is 2.13. The van der Waals surface area contributed by atoms with Gasteiger partial charge < -0.3 is 0 Å². The molecule has 0 unspecified atom stereocenters. The second kappa shape index (κ2) is 6.60. The molecule has 0 atom stereocenters. The van der Waals surface area contributed by atoms with Crippen molar-refractivity contribution in [1.29, 1.82) is 0 Å². The number of benzene rings is 3. The Morgan fingerprint density at radius 1 is 0.808 bits per heavy atom. The van der Waals surface area contributed by atoms with E-state index in [0.29, 0.717) is 17.8 Å². The average molecular weight is 340 g/mol. The van der Waals surface area contributed by atoms with Crippen LogP contribution in [0.3, 0.4) is 0 Å². The normalized spacial score (nSPS) is 11.0. The highest BCUT2D eigenvalue weighted by atomic mass is 16.1. The lowest BCUT2D eigenvalue weighted by molar-refractivity contribution is 0.759. The molecule has 26 heavy (non-hydrogen) atoms. The molecular weight excluding hydrogens is 320 g/mol. The SMILES string of the molecule is Cc1ccc(Cn2c(-c3ccc(C)cc3)nc3ccccc3c2=O)cc1. The zero-order valence-corrected chi connectivity index (χ0v) is 14.9. The van der Waals surface area contributed by atoms with Crippen LogP contribution in [0.15, 0.2) is 77.6 Å². The van der Waals surface area contributed by atoms with Gasteiger partial charge >= 0.3 is 0 Å². The fourth-order valence-electron chi connectivity index (χ4n) is 3.11. The Balaban J connectivity index is 1.94. The van der Waals surface area contributed by atoms with Crippen molar-refractivity contribution in [2.45, 2.75) is 20.4 Å². The largest absolute Gasteiger partial charge is 0.288 e. The number of nitrogens with zero attached hydrogens (tertiary/aromatic N) is 2. The fraction of sp³-hybridized carbons (Fsp3) is 0.130. The Morgan fingerprint density at radius 2 is 1.42 bits per heavy atom. The third-order valence-electron chi connectivity index (χ3n) is 4.63. The van der Waals surface area contributed by atoms with Gasteiger partial charge in [-0.2, -0.15) is 0 Å². The van der Waals surface area contributed by atoms with E-state index in [9.17, 15) is 4.79 Å². The highest BCUT2D eigenvalue weighted by molar-refractivity contribution is 5.79. The first kappa shape index (κ1) is 16.3. The van der Waals surface area contributed by atoms with E-state index in [2.05, 4.69) is 38.1 Å². The first-order chi connectivity index (χ1) is 12.6. The molecule has 0 saturated carbocycles. The maximum Gasteiger partial charge on any atom is 0.261 e. The van der Waals surface area contributed by atoms with Gasteiger partial charge in [0.25, 0.3) is 5.56 Å². The van der Waals surface area contributed by atoms with Gasteiger partial charge in [0.1, 0.15) is 5.82 Å². The highest BCUT2D eigenvalue weighted by Crippen LogP contribution is 2.20. The van der Waals surface area contributed by atoms with Gasteiger partial charge in [-0.25, -0.2) is 4.98 Å². The van der Waals surface area contributed by atoms with Gasteiger partial charge in [-0.1, -0.05) is 71.8 Å². The molecule has 128 valence electrons. The lowest BCUT2D eigenvalue weighted by Crippen LogP contribution is -2.24. The van der Waals surface area contributed by atoms with Crippen molar-refractivity contribution in [2.75, 3.05) is 0 Å². The van der Waals surface area contributed by atoms with Crippen LogP contribution in [0.1, 0.15) is 16.7 Å². The van der Waals surface area contributed by atoms with Crippen molar-refractivity contribution in [3.63, 3.8) is 0 Å². The number of aromatic nitrogens is 2. The predicted molar refractivity (Wildman–Crippen MR) is 106 cm³/mol. The van der Waals surface area contributed by atoms with Crippen LogP contribution in [0, 0.1) is 13.8 Å². The second-order valence-electron chi connectivity index (χ2n) is 6.70. The first-order valence-corrected chi connectivity index (χ1v) is 8.74. The van der Waals surface area contributed by atoms with Crippen LogP contribution >= 0.6 is 0 Å². The molecule has 0 radical (unpaired) electrons. The van der Waals surface area contributed by atoms with Crippen LogP contribution in [-0.2, 0) is 6.54 Å². The Labute approximate surface area is 152 Å². The van der Waals surface area contributed by atoms with Gasteiger partial charge in [0.2, 0.25) is 0 Å². The Morgan fingerprint density at radius 3 is 2.12 bits per heavy atom. The summed E-state index contributed by atoms with van der Waals surface area (Å²) in [6, 6.07) is 24.0. The molecule has 0 fully saturated rings. The molecule has 0 spiro atoms. The molecule has 0 aliphatic carbocycles. The van der Waals surface area contributed by atoms with Gasteiger partial charge in [0.15, 0.2) is 0 Å². The molecular formula is C23H20N2O. The third kappa shape index (κ3) is 3.04. The van der Waals surface area contributed by atoms with Crippen LogP contribution in [-0.4, -0.2) is 9.55 Å². The summed E-state index contributed by atoms with van der Waals surface area (Å²) in [6.07, 6.45) is 0. The smallest absolute Gasteiger partial charge is 0.261 e. The molecule has 1 aromatic heterocycles. The van der Waals surface area contributed by atoms with Crippen molar-refractivity contribution in [3.05, 3.63) is 99.8 Å². The Hall–Kier alpha value is -3.20. The third-order valence-corrected chi connectivity index (χ3v) is 4.63. The van der Waals surface area contributed by atoms with Gasteiger partial charge in [0.05, 0.1) is 17.4 Å². The Kier molecular flexibility index (Phi) is 4.13. The maximum atomic E-state index is 13.2. The molecule has 3 nitrogen and oxygen atoms in total. The number of hydrogen-bond donors (Lipinski definition) is 0. The summed E-state index contributed by atoms with van der Waals surface area (Å²) < 4.78 is 1.78. The lowest BCUT2D eigenvalue weighted by atomic mass is 10.1. The number of para-hydroxylation sites is 1. The van der Waals surface area contributed by atoms with E-state index in [1.165, 1.54) is 11.1 Å². The van der Waals surface area contributed by atoms with Crippen LogP contribution < -0.4 is 5.56 Å². The Bertz CT molecular complexity index is 1120. The molecule has 0 bridgehead atoms. The summed E-state index contributed by atoms with van der Waals surface area (Å²) in [6.45, 7) is 4.61. The van der Waals surface area contributed by atoms with Crippen molar-refractivity contribution in [1.82, 2.24) is 9.55 Å². The summed E-state index contributed by atoms with van der Waals surface area (Å²) in [5, 5.41) is 0.649. The van der Waals surface area contributed by atoms with Crippen molar-refractivity contribution >= 4 is 10.9 Å². The van der Waals surface area contributed by atoms with Crippen molar-refractivity contribution in [3.8, 4) is 11.4 Å². The van der Waals surface area contributed by atoms with E-state index in [1.54, 1.807) is 4.57 Å². The van der Waals surface area contributed by atoms with E-state index < -0.39 is 0 Å². The molecule has 4 aromatic rings. The minimum Gasteiger partial charge on any atom is -0.288 e. The van der Waals surface area contributed by atoms with E-state index >= 15 is 0 Å². The molecule has 0 amide bonds. The van der Waals surface area contributed by atoms with Crippen molar-refractivity contribution < 1.29 is 0 Å². The maximum absolute atomic E-state index is 13.2. The molecule has 1 heterocycles. The van der Waals surface area contributed by atoms with Crippen LogP contribution in [0.5, 0.6) is 0 Å². The number of fused-ring (bicyclic) bond motifs is 1. The first-order valence-electron chi connectivity index (χ1n) is 8.74. The number of aryl methyl sites for hydroxylation is 2. The number of hydrogen-bond acceptors (Lipinski definition) is 2. The van der Waals surface area contributed by atoms with E-state index in [0.717, 1.165) is 16.6 Å². The van der Waals surface area contributed by atoms with E-state index in [4.69, 9.17) is 4.98 Å². The quantitative estimate of drug-likeness (QED) is 0.540. The van der Waals surface area contributed by atoms with Crippen LogP contribution in [0.2, 0.25) is 0 Å². The zero-order chi connectivity index (χ0) is 18.1. The monoisotopic (exact) mass is 340 g/mol. The van der Waals surface area contributed by atoms with Gasteiger partial charge in [-0.15, -0.1) is 0 Å². The number of rotatable bonds is 3. The van der Waals surface area contributed by atoms with E-state index in [-0.39, 0.29) is 5.56 Å². The molecule has 0 N–H and O–H groups in total. The van der Waals surface area contributed by atoms with Gasteiger partial charge in [0, 0.05) is 5.56 Å². The van der Waals surface area contributed by atoms with Crippen molar-refractivity contribution in [2.24, 2.45) is 0 Å². The van der Waals surface area contributed by atoms with Gasteiger partial charge in [-0.05, 0) is 31.5 Å². The molecule has 0 aliphatic rings. The van der Waals surface area contributed by atoms with E-state index in [1.807, 2.05) is 48.5 Å². The molecule has 3 aromatic carbocycles. The van der Waals surface area contributed by atoms with Crippen LogP contribution in [0.25, 0.3) is 22.3 Å². The molecule has 0 aliphatic heterocycles. The van der Waals surface area contributed by atoms with Gasteiger partial charge in [-0.3, -0.25) is 9.36 Å². The summed E-state index contributed by atoms with van der Waals surface area (Å²) in [5.74, 6) is 0.703. The minimum atomic E-state index is -0.00764. The average Bonchev–Trinajstić information content (AvgIpc) is 2.66. The predicted octanol–water partition coefficient (Wildman–Crippen LogP) is 4.73. The summed E-state index contributed by atoms with van der Waals surface area (Å²) in [4.78, 5) is 18.0. The topological polar surface area (TPSA) is 34.9 Å². The summed E-state index contributed by atoms with van der Waals surface area (Å²) in [7, 11) is 0. The second-order valence-corrected chi connectivity index (χ2v) is 6.70. The summed E-state index contributed by atoms with van der Waals surface area (Å²) in [5.41, 5.74) is 5.15. The zero-order valence-electron chi connectivity index (χ0n) is 14.9. The molecule has 4 rings (SSSR count). The summed E-state index contributed by atoms with van der Waals surface area (Å²) >= 11 is 0. The molecule has 0 saturated heterocycles. The standard InChI is InChI=1S/C23H20N2O/c1-16-7-11-18(12-8-16)15-25-22(19-13-9-17(2)10-14-19)24-21-6-4-3-5-20(21)23(25)26/h3-14H,15H2,1-2H3. The molecule has 3 heteroatoms. The minimum absolute atomic E-state index is 0.00764. The fourth-order valence-corrected chi connectivity index (χ4v) is 3.11.